The molecule has 0 spiro atoms. The summed E-state index contributed by atoms with van der Waals surface area (Å²) in [5, 5.41) is 2.34. The molecule has 198 valence electrons. The van der Waals surface area contributed by atoms with Crippen LogP contribution in [0.2, 0.25) is 0 Å². The van der Waals surface area contributed by atoms with Crippen LogP contribution in [0.5, 0.6) is 11.5 Å². The van der Waals surface area contributed by atoms with E-state index in [1.165, 1.54) is 26.4 Å². The van der Waals surface area contributed by atoms with Crippen LogP contribution < -0.4 is 20.3 Å². The molecule has 0 bridgehead atoms. The van der Waals surface area contributed by atoms with Gasteiger partial charge in [-0.25, -0.2) is 13.8 Å². The molecule has 0 aliphatic carbocycles. The van der Waals surface area contributed by atoms with E-state index in [0.29, 0.717) is 0 Å². The van der Waals surface area contributed by atoms with Crippen LogP contribution in [-0.2, 0) is 7.05 Å². The lowest BCUT2D eigenvalue weighted by Gasteiger charge is -2.13. The van der Waals surface area contributed by atoms with E-state index in [2.05, 4.69) is 15.0 Å². The molecule has 8 nitrogen and oxygen atoms in total. The maximum atomic E-state index is 15.1. The fraction of sp³-hybridized carbons (Fsp3) is 0.160. The average Bonchev–Trinajstić information content (AvgIpc) is 3.08. The predicted molar refractivity (Wildman–Crippen MR) is 127 cm³/mol. The number of methoxy groups -OCH3 is 1. The number of aryl methyl sites for hydroxylation is 1. The Hall–Kier alpha value is -4.68. The first kappa shape index (κ1) is 26.4. The van der Waals surface area contributed by atoms with Gasteiger partial charge >= 0.3 is 6.36 Å². The van der Waals surface area contributed by atoms with Gasteiger partial charge in [-0.1, -0.05) is 6.07 Å². The highest BCUT2D eigenvalue weighted by Crippen LogP contribution is 2.34. The Morgan fingerprint density at radius 2 is 1.63 bits per heavy atom. The number of ether oxygens (including phenoxy) is 2. The molecule has 0 radical (unpaired) electrons. The first-order valence-corrected chi connectivity index (χ1v) is 10.8. The van der Waals surface area contributed by atoms with Crippen molar-refractivity contribution in [1.29, 1.82) is 0 Å². The molecule has 0 fully saturated rings. The van der Waals surface area contributed by atoms with Crippen molar-refractivity contribution >= 4 is 11.6 Å². The number of carbonyl (C=O) groups is 1. The summed E-state index contributed by atoms with van der Waals surface area (Å²) in [5.74, 6) is -3.64. The van der Waals surface area contributed by atoms with Crippen molar-refractivity contribution in [3.63, 3.8) is 0 Å². The topological polar surface area (TPSA) is 87.4 Å². The van der Waals surface area contributed by atoms with Crippen molar-refractivity contribution in [3.05, 3.63) is 87.8 Å². The number of nitrogens with one attached hydrogen (secondary N) is 1. The highest BCUT2D eigenvalue weighted by Gasteiger charge is 2.31. The molecule has 4 rings (SSSR count). The molecule has 0 saturated carbocycles. The van der Waals surface area contributed by atoms with Crippen LogP contribution in [0, 0.1) is 18.6 Å². The monoisotopic (exact) mass is 534 g/mol. The van der Waals surface area contributed by atoms with Gasteiger partial charge in [0.15, 0.2) is 5.82 Å². The lowest BCUT2D eigenvalue weighted by molar-refractivity contribution is -0.274. The third kappa shape index (κ3) is 5.21. The Kier molecular flexibility index (Phi) is 6.94. The minimum Gasteiger partial charge on any atom is -0.497 e. The summed E-state index contributed by atoms with van der Waals surface area (Å²) in [6.45, 7) is 1.77. The van der Waals surface area contributed by atoms with E-state index in [-0.39, 0.29) is 22.8 Å². The van der Waals surface area contributed by atoms with Crippen LogP contribution in [0.1, 0.15) is 15.9 Å². The Morgan fingerprint density at radius 3 is 2.16 bits per heavy atom. The van der Waals surface area contributed by atoms with Crippen LogP contribution in [0.4, 0.5) is 27.6 Å². The van der Waals surface area contributed by atoms with Gasteiger partial charge in [0.2, 0.25) is 0 Å². The highest BCUT2D eigenvalue weighted by atomic mass is 19.4. The summed E-state index contributed by atoms with van der Waals surface area (Å²) in [6.07, 6.45) is -3.45. The number of anilines is 1. The molecule has 2 aromatic heterocycles. The van der Waals surface area contributed by atoms with Crippen LogP contribution in [0.25, 0.3) is 17.1 Å². The summed E-state index contributed by atoms with van der Waals surface area (Å²) in [7, 11) is 2.57. The van der Waals surface area contributed by atoms with Crippen molar-refractivity contribution in [3.8, 4) is 28.6 Å². The number of aromatic nitrogens is 3. The molecular weight excluding hydrogens is 515 g/mol. The SMILES string of the molecule is COc1cc(F)c(-c2c(NC(=O)c3ccc(OC(F)(F)F)cc3)c(=O)n(-c3ccc(C)cn3)n2C)c(F)c1. The van der Waals surface area contributed by atoms with E-state index < -0.39 is 46.5 Å². The second kappa shape index (κ2) is 10.00. The first-order valence-electron chi connectivity index (χ1n) is 10.8. The first-order chi connectivity index (χ1) is 17.9. The normalized spacial score (nSPS) is 11.4. The van der Waals surface area contributed by atoms with Crippen LogP contribution in [0.15, 0.2) is 59.5 Å². The molecule has 0 saturated heterocycles. The molecular formula is C25H19F5N4O4. The van der Waals surface area contributed by atoms with Crippen molar-refractivity contribution < 1.29 is 36.2 Å². The van der Waals surface area contributed by atoms with Crippen molar-refractivity contribution in [2.24, 2.45) is 7.05 Å². The number of rotatable bonds is 6. The summed E-state index contributed by atoms with van der Waals surface area (Å²) < 4.78 is 78.3. The van der Waals surface area contributed by atoms with Gasteiger partial charge in [0.25, 0.3) is 11.5 Å². The van der Waals surface area contributed by atoms with E-state index in [1.54, 1.807) is 13.0 Å². The van der Waals surface area contributed by atoms with Gasteiger partial charge in [-0.2, -0.15) is 4.68 Å². The molecule has 1 N–H and O–H groups in total. The van der Waals surface area contributed by atoms with Crippen LogP contribution in [0.3, 0.4) is 0 Å². The molecule has 2 heterocycles. The number of hydrogen-bond donors (Lipinski definition) is 1. The van der Waals surface area contributed by atoms with E-state index in [9.17, 15) is 22.8 Å². The molecule has 0 atom stereocenters. The van der Waals surface area contributed by atoms with Gasteiger partial charge in [0.05, 0.1) is 12.7 Å². The van der Waals surface area contributed by atoms with Gasteiger partial charge in [0.1, 0.15) is 34.5 Å². The second-order valence-corrected chi connectivity index (χ2v) is 8.05. The zero-order chi connectivity index (χ0) is 27.8. The van der Waals surface area contributed by atoms with Crippen LogP contribution >= 0.6 is 0 Å². The molecule has 0 unspecified atom stereocenters. The Bertz CT molecular complexity index is 1540. The van der Waals surface area contributed by atoms with E-state index in [1.807, 2.05) is 0 Å². The van der Waals surface area contributed by atoms with Gasteiger partial charge in [0, 0.05) is 30.9 Å². The summed E-state index contributed by atoms with van der Waals surface area (Å²) in [5.41, 5.74) is -1.66. The summed E-state index contributed by atoms with van der Waals surface area (Å²) in [6, 6.07) is 8.88. The van der Waals surface area contributed by atoms with Crippen LogP contribution in [-0.4, -0.2) is 33.7 Å². The van der Waals surface area contributed by atoms with Gasteiger partial charge in [-0.15, -0.1) is 13.2 Å². The van der Waals surface area contributed by atoms with E-state index in [0.717, 1.165) is 51.3 Å². The minimum atomic E-state index is -4.93. The smallest absolute Gasteiger partial charge is 0.497 e. The summed E-state index contributed by atoms with van der Waals surface area (Å²) >= 11 is 0. The number of carbonyl (C=O) groups excluding carboxylic acids is 1. The standard InChI is InChI=1S/C25H19F5N4O4/c1-13-4-9-19(31-12-13)34-24(36)21(22(33(34)2)20-17(26)10-16(37-3)11-18(20)27)32-23(35)14-5-7-15(8-6-14)38-25(28,29)30/h4-12H,1-3H3,(H,32,35). The number of amides is 1. The van der Waals surface area contributed by atoms with E-state index >= 15 is 8.78 Å². The number of pyridine rings is 1. The molecule has 13 heteroatoms. The van der Waals surface area contributed by atoms with Crippen molar-refractivity contribution in [2.45, 2.75) is 13.3 Å². The zero-order valence-corrected chi connectivity index (χ0v) is 20.1. The number of hydrogen-bond acceptors (Lipinski definition) is 5. The second-order valence-electron chi connectivity index (χ2n) is 8.05. The molecule has 1 amide bonds. The Balaban J connectivity index is 1.84. The number of alkyl halides is 3. The molecule has 0 aliphatic heterocycles. The lowest BCUT2D eigenvalue weighted by atomic mass is 10.1. The van der Waals surface area contributed by atoms with Gasteiger partial charge < -0.3 is 14.8 Å². The Morgan fingerprint density at radius 1 is 1.00 bits per heavy atom. The van der Waals surface area contributed by atoms with Gasteiger partial charge in [-0.05, 0) is 42.8 Å². The fourth-order valence-electron chi connectivity index (χ4n) is 3.74. The zero-order valence-electron chi connectivity index (χ0n) is 20.1. The quantitative estimate of drug-likeness (QED) is 0.353. The Labute approximate surface area is 211 Å². The molecule has 2 aromatic carbocycles. The minimum absolute atomic E-state index is 0.104. The maximum absolute atomic E-state index is 15.1. The molecule has 4 aromatic rings. The average molecular weight is 534 g/mol. The fourth-order valence-corrected chi connectivity index (χ4v) is 3.74. The molecule has 0 aliphatic rings. The molecule has 38 heavy (non-hydrogen) atoms. The van der Waals surface area contributed by atoms with Crippen molar-refractivity contribution in [1.82, 2.24) is 14.3 Å². The third-order valence-corrected chi connectivity index (χ3v) is 5.46. The number of benzene rings is 2. The lowest BCUT2D eigenvalue weighted by Crippen LogP contribution is -2.23. The highest BCUT2D eigenvalue weighted by molar-refractivity contribution is 6.06. The van der Waals surface area contributed by atoms with Crippen molar-refractivity contribution in [2.75, 3.05) is 12.4 Å². The number of nitrogens with zero attached hydrogens (tertiary/aromatic N) is 3. The maximum Gasteiger partial charge on any atom is 0.573 e. The summed E-state index contributed by atoms with van der Waals surface area (Å²) in [4.78, 5) is 30.6. The van der Waals surface area contributed by atoms with Gasteiger partial charge in [-0.3, -0.25) is 14.3 Å². The largest absolute Gasteiger partial charge is 0.573 e. The third-order valence-electron chi connectivity index (χ3n) is 5.46. The number of halogens is 5. The predicted octanol–water partition coefficient (Wildman–Crippen LogP) is 4.98. The van der Waals surface area contributed by atoms with E-state index in [4.69, 9.17) is 4.74 Å².